The van der Waals surface area contributed by atoms with Crippen molar-refractivity contribution in [1.82, 2.24) is 19.8 Å². The highest BCUT2D eigenvalue weighted by Crippen LogP contribution is 2.26. The summed E-state index contributed by atoms with van der Waals surface area (Å²) in [6, 6.07) is 25.6. The fraction of sp³-hybridized carbons (Fsp3) is 0.303. The van der Waals surface area contributed by atoms with Gasteiger partial charge in [0.05, 0.1) is 5.69 Å². The number of nitrogens with one attached hydrogen (secondary N) is 2. The maximum Gasteiger partial charge on any atom is 0.253 e. The topological polar surface area (TPSA) is 81.3 Å². The molecule has 0 unspecified atom stereocenters. The fourth-order valence-corrected chi connectivity index (χ4v) is 5.65. The minimum Gasteiger partial charge on any atom is -0.337 e. The summed E-state index contributed by atoms with van der Waals surface area (Å²) >= 11 is 1.32. The Bertz CT molecular complexity index is 1480. The van der Waals surface area contributed by atoms with Crippen molar-refractivity contribution in [3.63, 3.8) is 0 Å². The van der Waals surface area contributed by atoms with E-state index >= 15 is 0 Å². The number of carbonyl (C=O) groups is 1. The lowest BCUT2D eigenvalue weighted by Crippen LogP contribution is -2.35. The molecule has 3 aromatic carbocycles. The number of amides is 1. The number of H-pyrrole nitrogens is 1. The van der Waals surface area contributed by atoms with E-state index in [1.165, 1.54) is 23.6 Å². The van der Waals surface area contributed by atoms with Crippen LogP contribution in [0.3, 0.4) is 0 Å². The molecular weight excluding hydrogens is 530 g/mol. The summed E-state index contributed by atoms with van der Waals surface area (Å²) in [5, 5.41) is 0. The predicted octanol–water partition coefficient (Wildman–Crippen LogP) is 6.55. The number of rotatable bonds is 7. The first-order valence-electron chi connectivity index (χ1n) is 14.2. The van der Waals surface area contributed by atoms with E-state index in [4.69, 9.17) is 0 Å². The molecule has 1 amide bonds. The van der Waals surface area contributed by atoms with E-state index in [2.05, 4.69) is 43.9 Å². The normalized spacial score (nSPS) is 13.6. The van der Waals surface area contributed by atoms with Crippen LogP contribution in [0, 0.1) is 13.8 Å². The van der Waals surface area contributed by atoms with Crippen LogP contribution in [0.5, 0.6) is 0 Å². The summed E-state index contributed by atoms with van der Waals surface area (Å²) in [6.07, 6.45) is 0.949. The number of hydrogen-bond donors (Lipinski definition) is 2. The monoisotopic (exact) mass is 569 g/mol. The number of benzene rings is 3. The highest BCUT2D eigenvalue weighted by atomic mass is 32.2. The van der Waals surface area contributed by atoms with Crippen molar-refractivity contribution in [3.05, 3.63) is 111 Å². The third-order valence-corrected chi connectivity index (χ3v) is 7.74. The molecule has 1 fully saturated rings. The molecule has 0 atom stereocenters. The molecule has 8 heteroatoms. The zero-order valence-corrected chi connectivity index (χ0v) is 25.1. The number of anilines is 1. The number of aromatic nitrogens is 2. The molecule has 41 heavy (non-hydrogen) atoms. The summed E-state index contributed by atoms with van der Waals surface area (Å²) < 4.78 is 3.15. The second-order valence-electron chi connectivity index (χ2n) is 9.89. The first kappa shape index (κ1) is 30.1. The van der Waals surface area contributed by atoms with Crippen LogP contribution in [0.15, 0.2) is 88.6 Å². The first-order chi connectivity index (χ1) is 20.0. The molecule has 214 valence electrons. The summed E-state index contributed by atoms with van der Waals surface area (Å²) in [7, 11) is 0. The molecule has 1 aliphatic rings. The molecule has 0 spiro atoms. The Kier molecular flexibility index (Phi) is 10.8. The van der Waals surface area contributed by atoms with Gasteiger partial charge in [-0.25, -0.2) is 4.98 Å². The molecule has 1 aromatic heterocycles. The average molecular weight is 570 g/mol. The van der Waals surface area contributed by atoms with Gasteiger partial charge in [0.15, 0.2) is 0 Å². The molecule has 1 saturated heterocycles. The Labute approximate surface area is 247 Å². The van der Waals surface area contributed by atoms with Crippen molar-refractivity contribution in [2.45, 2.75) is 45.6 Å². The summed E-state index contributed by atoms with van der Waals surface area (Å²) in [6.45, 7) is 12.2. The summed E-state index contributed by atoms with van der Waals surface area (Å²) in [4.78, 5) is 38.4. The smallest absolute Gasteiger partial charge is 0.253 e. The first-order valence-corrected chi connectivity index (χ1v) is 15.0. The summed E-state index contributed by atoms with van der Waals surface area (Å²) in [5.74, 6) is 0.412. The van der Waals surface area contributed by atoms with Gasteiger partial charge >= 0.3 is 0 Å². The van der Waals surface area contributed by atoms with Gasteiger partial charge in [-0.1, -0.05) is 68.4 Å². The number of aromatic amines is 1. The van der Waals surface area contributed by atoms with Gasteiger partial charge < -0.3 is 4.90 Å². The van der Waals surface area contributed by atoms with Gasteiger partial charge in [-0.2, -0.15) is 0 Å². The van der Waals surface area contributed by atoms with Crippen molar-refractivity contribution >= 4 is 23.8 Å². The zero-order valence-electron chi connectivity index (χ0n) is 24.3. The molecule has 5 rings (SSSR count). The standard InChI is InChI=1S/C31H33N5O2S.C2H6/c1-22-9-6-10-23(2)29(22)27-20-28(37)33-31(32-27)34-39-26-14-7-13-25(19-26)30(38)36-16-8-15-35(17-18-36)21-24-11-4-3-5-12-24;1-2/h3-7,9-14,19-20H,8,15-18,21H2,1-2H3,(H2,32,33,34,37);1-2H3. The van der Waals surface area contributed by atoms with Crippen molar-refractivity contribution in [1.29, 1.82) is 0 Å². The molecule has 1 aliphatic heterocycles. The van der Waals surface area contributed by atoms with Crippen molar-refractivity contribution < 1.29 is 4.79 Å². The highest BCUT2D eigenvalue weighted by molar-refractivity contribution is 8.00. The van der Waals surface area contributed by atoms with E-state index in [0.717, 1.165) is 54.2 Å². The third-order valence-electron chi connectivity index (χ3n) is 6.95. The van der Waals surface area contributed by atoms with Crippen LogP contribution in [0.4, 0.5) is 5.95 Å². The molecule has 2 N–H and O–H groups in total. The third kappa shape index (κ3) is 8.08. The Morgan fingerprint density at radius 1 is 0.902 bits per heavy atom. The molecule has 0 aliphatic carbocycles. The van der Waals surface area contributed by atoms with Crippen LogP contribution in [0.1, 0.15) is 47.3 Å². The lowest BCUT2D eigenvalue weighted by Gasteiger charge is -2.22. The predicted molar refractivity (Wildman–Crippen MR) is 169 cm³/mol. The van der Waals surface area contributed by atoms with Gasteiger partial charge in [-0.3, -0.25) is 24.2 Å². The fourth-order valence-electron chi connectivity index (χ4n) is 5.01. The van der Waals surface area contributed by atoms with Crippen LogP contribution in [0.2, 0.25) is 0 Å². The largest absolute Gasteiger partial charge is 0.337 e. The van der Waals surface area contributed by atoms with Gasteiger partial charge in [0, 0.05) is 54.8 Å². The van der Waals surface area contributed by atoms with E-state index in [0.29, 0.717) is 23.8 Å². The van der Waals surface area contributed by atoms with E-state index in [1.54, 1.807) is 0 Å². The second kappa shape index (κ2) is 14.7. The van der Waals surface area contributed by atoms with Crippen molar-refractivity contribution in [2.24, 2.45) is 0 Å². The molecular formula is C33H39N5O2S. The minimum atomic E-state index is -0.225. The van der Waals surface area contributed by atoms with E-state index < -0.39 is 0 Å². The van der Waals surface area contributed by atoms with Crippen LogP contribution in [-0.2, 0) is 6.54 Å². The van der Waals surface area contributed by atoms with Crippen molar-refractivity contribution in [3.8, 4) is 11.3 Å². The van der Waals surface area contributed by atoms with Crippen molar-refractivity contribution in [2.75, 3.05) is 30.9 Å². The van der Waals surface area contributed by atoms with Gasteiger partial charge in [-0.05, 0) is 67.1 Å². The molecule has 0 bridgehead atoms. The van der Waals surface area contributed by atoms with E-state index in [1.807, 2.05) is 81.1 Å². The Balaban J connectivity index is 0.00000189. The lowest BCUT2D eigenvalue weighted by atomic mass is 10.00. The number of aryl methyl sites for hydroxylation is 2. The molecule has 7 nitrogen and oxygen atoms in total. The van der Waals surface area contributed by atoms with Gasteiger partial charge in [0.25, 0.3) is 11.5 Å². The SMILES string of the molecule is CC.Cc1cccc(C)c1-c1cc(=O)[nH]c(NSc2cccc(C(=O)N3CCCN(Cc4ccccc4)CC3)c2)n1. The quantitative estimate of drug-likeness (QED) is 0.246. The Hall–Kier alpha value is -3.88. The number of hydrogen-bond acceptors (Lipinski definition) is 6. The maximum atomic E-state index is 13.4. The highest BCUT2D eigenvalue weighted by Gasteiger charge is 2.21. The maximum absolute atomic E-state index is 13.4. The van der Waals surface area contributed by atoms with Crippen LogP contribution in [0.25, 0.3) is 11.3 Å². The molecule has 0 radical (unpaired) electrons. The Morgan fingerprint density at radius 2 is 1.63 bits per heavy atom. The second-order valence-corrected chi connectivity index (χ2v) is 10.8. The zero-order chi connectivity index (χ0) is 29.2. The number of carbonyl (C=O) groups excluding carboxylic acids is 1. The van der Waals surface area contributed by atoms with Gasteiger partial charge in [0.2, 0.25) is 5.95 Å². The van der Waals surface area contributed by atoms with Gasteiger partial charge in [0.1, 0.15) is 0 Å². The molecule has 0 saturated carbocycles. The lowest BCUT2D eigenvalue weighted by molar-refractivity contribution is 0.0761. The Morgan fingerprint density at radius 3 is 2.39 bits per heavy atom. The average Bonchev–Trinajstić information content (AvgIpc) is 3.23. The summed E-state index contributed by atoms with van der Waals surface area (Å²) in [5.41, 5.74) is 5.45. The van der Waals surface area contributed by atoms with E-state index in [9.17, 15) is 9.59 Å². The van der Waals surface area contributed by atoms with E-state index in [-0.39, 0.29) is 11.5 Å². The molecule has 4 aromatic rings. The minimum absolute atomic E-state index is 0.0440. The van der Waals surface area contributed by atoms with Crippen LogP contribution >= 0.6 is 11.9 Å². The van der Waals surface area contributed by atoms with Crippen LogP contribution in [-0.4, -0.2) is 51.9 Å². The number of nitrogens with zero attached hydrogens (tertiary/aromatic N) is 3. The van der Waals surface area contributed by atoms with Crippen LogP contribution < -0.4 is 10.3 Å². The van der Waals surface area contributed by atoms with Gasteiger partial charge in [-0.15, -0.1) is 0 Å². The molecule has 2 heterocycles.